The number of hydrogen-bond acceptors (Lipinski definition) is 6. The van der Waals surface area contributed by atoms with E-state index in [2.05, 4.69) is 26.7 Å². The summed E-state index contributed by atoms with van der Waals surface area (Å²) < 4.78 is 0. The van der Waals surface area contributed by atoms with Crippen molar-refractivity contribution in [1.29, 1.82) is 5.26 Å². The van der Waals surface area contributed by atoms with Gasteiger partial charge >= 0.3 is 0 Å². The molecule has 0 aliphatic heterocycles. The third-order valence-corrected chi connectivity index (χ3v) is 3.08. The first-order chi connectivity index (χ1) is 9.75. The Bertz CT molecular complexity index is 618. The Morgan fingerprint density at radius 2 is 1.90 bits per heavy atom. The predicted octanol–water partition coefficient (Wildman–Crippen LogP) is 3.25. The topological polar surface area (TPSA) is 73.6 Å². The maximum Gasteiger partial charge on any atom is 0.191 e. The summed E-state index contributed by atoms with van der Waals surface area (Å²) in [7, 11) is 0. The van der Waals surface area contributed by atoms with Crippen molar-refractivity contribution in [3.8, 4) is 6.07 Å². The molecule has 2 aromatic rings. The van der Waals surface area contributed by atoms with E-state index in [-0.39, 0.29) is 0 Å². The van der Waals surface area contributed by atoms with Crippen LogP contribution in [0.15, 0.2) is 35.5 Å². The van der Waals surface area contributed by atoms with Crippen LogP contribution in [0.25, 0.3) is 0 Å². The molecule has 1 aromatic heterocycles. The first-order valence-electron chi connectivity index (χ1n) is 6.19. The SMILES string of the molecule is CCNc1cc(Nc2ccc(C#N)cc2)nc(SC)n1. The fraction of sp³-hybridized carbons (Fsp3) is 0.214. The summed E-state index contributed by atoms with van der Waals surface area (Å²) in [6.45, 7) is 2.83. The van der Waals surface area contributed by atoms with Crippen LogP contribution in [0.4, 0.5) is 17.3 Å². The first-order valence-corrected chi connectivity index (χ1v) is 7.41. The third-order valence-electron chi connectivity index (χ3n) is 2.53. The Morgan fingerprint density at radius 3 is 2.50 bits per heavy atom. The van der Waals surface area contributed by atoms with Gasteiger partial charge in [0.1, 0.15) is 11.6 Å². The summed E-state index contributed by atoms with van der Waals surface area (Å²) in [6.07, 6.45) is 1.94. The van der Waals surface area contributed by atoms with Crippen LogP contribution in [-0.4, -0.2) is 22.8 Å². The molecule has 0 spiro atoms. The van der Waals surface area contributed by atoms with Crippen molar-refractivity contribution in [1.82, 2.24) is 9.97 Å². The standard InChI is InChI=1S/C14H15N5S/c1-3-16-12-8-13(19-14(18-12)20-2)17-11-6-4-10(9-15)5-7-11/h4-8H,3H2,1-2H3,(H2,16,17,18,19). The largest absolute Gasteiger partial charge is 0.370 e. The Kier molecular flexibility index (Phi) is 4.80. The van der Waals surface area contributed by atoms with Crippen LogP contribution in [-0.2, 0) is 0 Å². The van der Waals surface area contributed by atoms with E-state index in [9.17, 15) is 0 Å². The fourth-order valence-electron chi connectivity index (χ4n) is 1.63. The van der Waals surface area contributed by atoms with Gasteiger partial charge in [-0.1, -0.05) is 11.8 Å². The molecule has 0 saturated carbocycles. The molecule has 2 N–H and O–H groups in total. The molecule has 102 valence electrons. The molecule has 0 saturated heterocycles. The molecule has 0 aliphatic rings. The van der Waals surface area contributed by atoms with Gasteiger partial charge in [0, 0.05) is 18.3 Å². The van der Waals surface area contributed by atoms with Crippen molar-refractivity contribution in [2.24, 2.45) is 0 Å². The number of nitrogens with zero attached hydrogens (tertiary/aromatic N) is 3. The molecule has 0 aliphatic carbocycles. The van der Waals surface area contributed by atoms with E-state index in [0.29, 0.717) is 10.7 Å². The zero-order valence-electron chi connectivity index (χ0n) is 11.3. The highest BCUT2D eigenvalue weighted by molar-refractivity contribution is 7.98. The van der Waals surface area contributed by atoms with Crippen molar-refractivity contribution < 1.29 is 0 Å². The molecule has 0 fully saturated rings. The Hall–Kier alpha value is -2.26. The van der Waals surface area contributed by atoms with E-state index in [1.54, 1.807) is 12.1 Å². The third kappa shape index (κ3) is 3.62. The molecule has 6 heteroatoms. The van der Waals surface area contributed by atoms with Crippen LogP contribution in [0.5, 0.6) is 0 Å². The van der Waals surface area contributed by atoms with Crippen LogP contribution >= 0.6 is 11.8 Å². The van der Waals surface area contributed by atoms with Gasteiger partial charge in [-0.3, -0.25) is 0 Å². The van der Waals surface area contributed by atoms with E-state index in [4.69, 9.17) is 5.26 Å². The van der Waals surface area contributed by atoms with Crippen LogP contribution in [0.3, 0.4) is 0 Å². The zero-order valence-corrected chi connectivity index (χ0v) is 12.2. The highest BCUT2D eigenvalue weighted by Crippen LogP contribution is 2.21. The molecule has 1 aromatic carbocycles. The molecule has 0 atom stereocenters. The summed E-state index contributed by atoms with van der Waals surface area (Å²) in [4.78, 5) is 8.78. The van der Waals surface area contributed by atoms with Gasteiger partial charge in [-0.05, 0) is 37.4 Å². The van der Waals surface area contributed by atoms with E-state index in [0.717, 1.165) is 23.9 Å². The molecule has 0 amide bonds. The van der Waals surface area contributed by atoms with Crippen molar-refractivity contribution in [3.63, 3.8) is 0 Å². The summed E-state index contributed by atoms with van der Waals surface area (Å²) in [5.41, 5.74) is 1.52. The molecule has 0 radical (unpaired) electrons. The van der Waals surface area contributed by atoms with Gasteiger partial charge in [0.05, 0.1) is 11.6 Å². The Labute approximate surface area is 122 Å². The summed E-state index contributed by atoms with van der Waals surface area (Å²) in [5.74, 6) is 1.52. The van der Waals surface area contributed by atoms with E-state index in [1.165, 1.54) is 11.8 Å². The molecular weight excluding hydrogens is 270 g/mol. The molecule has 1 heterocycles. The number of hydrogen-bond donors (Lipinski definition) is 2. The van der Waals surface area contributed by atoms with E-state index in [1.807, 2.05) is 31.4 Å². The maximum atomic E-state index is 8.78. The molecule has 0 bridgehead atoms. The number of nitriles is 1. The number of benzene rings is 1. The Morgan fingerprint density at radius 1 is 1.20 bits per heavy atom. The van der Waals surface area contributed by atoms with Gasteiger partial charge in [-0.2, -0.15) is 5.26 Å². The Balaban J connectivity index is 2.22. The van der Waals surface area contributed by atoms with Crippen molar-refractivity contribution in [3.05, 3.63) is 35.9 Å². The predicted molar refractivity (Wildman–Crippen MR) is 82.4 cm³/mol. The number of rotatable bonds is 5. The first kappa shape index (κ1) is 14.2. The summed E-state index contributed by atoms with van der Waals surface area (Å²) in [5, 5.41) is 15.9. The molecule has 5 nitrogen and oxygen atoms in total. The molecular formula is C14H15N5S. The van der Waals surface area contributed by atoms with Crippen LogP contribution in [0.2, 0.25) is 0 Å². The van der Waals surface area contributed by atoms with Gasteiger partial charge in [-0.25, -0.2) is 9.97 Å². The van der Waals surface area contributed by atoms with Crippen LogP contribution < -0.4 is 10.6 Å². The van der Waals surface area contributed by atoms with Crippen LogP contribution in [0.1, 0.15) is 12.5 Å². The number of nitrogens with one attached hydrogen (secondary N) is 2. The van der Waals surface area contributed by atoms with Gasteiger partial charge < -0.3 is 10.6 Å². The number of thioether (sulfide) groups is 1. The highest BCUT2D eigenvalue weighted by Gasteiger charge is 2.04. The number of anilines is 3. The smallest absolute Gasteiger partial charge is 0.191 e. The lowest BCUT2D eigenvalue weighted by Crippen LogP contribution is -2.03. The monoisotopic (exact) mass is 285 g/mol. The molecule has 2 rings (SSSR count). The second-order valence-electron chi connectivity index (χ2n) is 3.97. The fourth-order valence-corrected chi connectivity index (χ4v) is 2.01. The van der Waals surface area contributed by atoms with Crippen LogP contribution in [0, 0.1) is 11.3 Å². The molecule has 0 unspecified atom stereocenters. The average Bonchev–Trinajstić information content (AvgIpc) is 2.48. The highest BCUT2D eigenvalue weighted by atomic mass is 32.2. The maximum absolute atomic E-state index is 8.78. The normalized spacial score (nSPS) is 9.85. The lowest BCUT2D eigenvalue weighted by atomic mass is 10.2. The lowest BCUT2D eigenvalue weighted by Gasteiger charge is -2.09. The van der Waals surface area contributed by atoms with Crippen molar-refractivity contribution in [2.45, 2.75) is 12.1 Å². The lowest BCUT2D eigenvalue weighted by molar-refractivity contribution is 0.967. The quantitative estimate of drug-likeness (QED) is 0.649. The second kappa shape index (κ2) is 6.78. The van der Waals surface area contributed by atoms with Gasteiger partial charge in [0.2, 0.25) is 0 Å². The molecule has 20 heavy (non-hydrogen) atoms. The van der Waals surface area contributed by atoms with Gasteiger partial charge in [-0.15, -0.1) is 0 Å². The minimum absolute atomic E-state index is 0.636. The van der Waals surface area contributed by atoms with Gasteiger partial charge in [0.25, 0.3) is 0 Å². The van der Waals surface area contributed by atoms with E-state index < -0.39 is 0 Å². The van der Waals surface area contributed by atoms with Crippen molar-refractivity contribution in [2.75, 3.05) is 23.4 Å². The zero-order chi connectivity index (χ0) is 14.4. The minimum Gasteiger partial charge on any atom is -0.370 e. The minimum atomic E-state index is 0.636. The number of aromatic nitrogens is 2. The van der Waals surface area contributed by atoms with Crippen molar-refractivity contribution >= 4 is 29.1 Å². The van der Waals surface area contributed by atoms with Gasteiger partial charge in [0.15, 0.2) is 5.16 Å². The summed E-state index contributed by atoms with van der Waals surface area (Å²) >= 11 is 1.49. The average molecular weight is 285 g/mol. The van der Waals surface area contributed by atoms with E-state index >= 15 is 0 Å². The summed E-state index contributed by atoms with van der Waals surface area (Å²) in [6, 6.07) is 11.2. The second-order valence-corrected chi connectivity index (χ2v) is 4.74.